The fourth-order valence-electron chi connectivity index (χ4n) is 3.22. The van der Waals surface area contributed by atoms with Gasteiger partial charge < -0.3 is 20.2 Å². The molecule has 2 rings (SSSR count). The van der Waals surface area contributed by atoms with E-state index in [-0.39, 0.29) is 23.7 Å². The van der Waals surface area contributed by atoms with E-state index in [9.17, 15) is 0 Å². The lowest BCUT2D eigenvalue weighted by molar-refractivity contribution is 0.00481. The number of hydrogen-bond acceptors (Lipinski definition) is 5. The fraction of sp³-hybridized carbons (Fsp3) is 0.722. The molecule has 27 heavy (non-hydrogen) atoms. The maximum Gasteiger partial charge on any atom is 0.218 e. The van der Waals surface area contributed by atoms with Gasteiger partial charge in [-0.25, -0.2) is 0 Å². The van der Waals surface area contributed by atoms with Crippen molar-refractivity contribution < 1.29 is 9.47 Å². The van der Waals surface area contributed by atoms with E-state index in [0.29, 0.717) is 11.5 Å². The molecule has 0 amide bonds. The molecule has 0 aromatic carbocycles. The zero-order valence-corrected chi connectivity index (χ0v) is 23.2. The molecule has 6 nitrogen and oxygen atoms in total. The van der Waals surface area contributed by atoms with Gasteiger partial charge in [0, 0.05) is 5.92 Å². The Morgan fingerprint density at radius 3 is 1.81 bits per heavy atom. The minimum Gasteiger partial charge on any atom is -0.462 e. The molecule has 3 atom stereocenters. The summed E-state index contributed by atoms with van der Waals surface area (Å²) in [5, 5.41) is 0. The molecule has 1 aromatic heterocycles. The van der Waals surface area contributed by atoms with Gasteiger partial charge in [-0.3, -0.25) is 11.5 Å². The number of hydrogen-bond donors (Lipinski definition) is 4. The number of nitrogens with two attached hydrogens (primary N) is 3. The van der Waals surface area contributed by atoms with Gasteiger partial charge in [-0.15, -0.1) is 20.7 Å². The topological polar surface area (TPSA) is 112 Å². The maximum atomic E-state index is 6.88. The summed E-state index contributed by atoms with van der Waals surface area (Å²) >= 11 is 4.01. The molecule has 0 saturated heterocycles. The second-order valence-electron chi connectivity index (χ2n) is 7.94. The Morgan fingerprint density at radius 1 is 0.963 bits per heavy atom. The second kappa shape index (κ2) is 8.16. The highest BCUT2D eigenvalue weighted by molar-refractivity contribution is 14.2. The fourth-order valence-corrected chi connectivity index (χ4v) is 8.13. The van der Waals surface area contributed by atoms with E-state index in [1.807, 2.05) is 6.92 Å². The zero-order chi connectivity index (χ0) is 20.9. The first-order chi connectivity index (χ1) is 12.2. The minimum atomic E-state index is -1.44. The Kier molecular flexibility index (Phi) is 7.28. The lowest BCUT2D eigenvalue weighted by Crippen LogP contribution is -2.68. The quantitative estimate of drug-likeness (QED) is 0.160. The molecule has 0 fully saturated rings. The van der Waals surface area contributed by atoms with Crippen molar-refractivity contribution in [1.82, 2.24) is 4.98 Å². The third kappa shape index (κ3) is 4.32. The molecular weight excluding hydrogens is 685 g/mol. The molecule has 0 spiro atoms. The SMILES string of the molecule is C=IC1(N)C(C)C(N)(N)Oc2c(C(C)C)[nH]c(C(C)C)c2OC(I)(I)C1C. The number of ether oxygens (including phenoxy) is 2. The van der Waals surface area contributed by atoms with E-state index in [2.05, 4.69) is 89.3 Å². The van der Waals surface area contributed by atoms with Crippen LogP contribution in [0, 0.1) is 11.8 Å². The first-order valence-electron chi connectivity index (χ1n) is 8.96. The number of halogens is 3. The predicted molar refractivity (Wildman–Crippen MR) is 138 cm³/mol. The molecule has 1 aliphatic rings. The van der Waals surface area contributed by atoms with Crippen LogP contribution in [0.2, 0.25) is 0 Å². The summed E-state index contributed by atoms with van der Waals surface area (Å²) in [6, 6.07) is 0. The van der Waals surface area contributed by atoms with Crippen LogP contribution in [-0.2, 0) is 0 Å². The average molecular weight is 716 g/mol. The van der Waals surface area contributed by atoms with Gasteiger partial charge in [-0.05, 0) is 57.0 Å². The largest absolute Gasteiger partial charge is 0.462 e. The molecule has 0 aliphatic carbocycles. The Labute approximate surface area is 199 Å². The van der Waals surface area contributed by atoms with Crippen LogP contribution in [0.3, 0.4) is 0 Å². The number of nitrogens with one attached hydrogen (secondary N) is 1. The van der Waals surface area contributed by atoms with E-state index in [0.717, 1.165) is 11.4 Å². The summed E-state index contributed by atoms with van der Waals surface area (Å²) in [6.07, 6.45) is 0. The van der Waals surface area contributed by atoms with Crippen LogP contribution in [0.5, 0.6) is 11.5 Å². The van der Waals surface area contributed by atoms with Crippen molar-refractivity contribution >= 4 is 70.4 Å². The van der Waals surface area contributed by atoms with Gasteiger partial charge in [0.25, 0.3) is 0 Å². The van der Waals surface area contributed by atoms with E-state index in [4.69, 9.17) is 26.7 Å². The summed E-state index contributed by atoms with van der Waals surface area (Å²) in [6.45, 7) is 12.5. The molecule has 0 radical (unpaired) electrons. The molecule has 9 heteroatoms. The van der Waals surface area contributed by atoms with Gasteiger partial charge in [0.1, 0.15) is 0 Å². The van der Waals surface area contributed by atoms with Gasteiger partial charge in [0.2, 0.25) is 7.46 Å². The molecule has 1 aromatic rings. The van der Waals surface area contributed by atoms with E-state index in [1.54, 1.807) is 0 Å². The van der Waals surface area contributed by atoms with Crippen molar-refractivity contribution in [2.45, 2.75) is 64.4 Å². The summed E-state index contributed by atoms with van der Waals surface area (Å²) in [7, 11) is 0. The van der Waals surface area contributed by atoms with Crippen molar-refractivity contribution in [3.05, 3.63) is 11.4 Å². The molecule has 0 saturated carbocycles. The molecular formula is C18H31I3N4O2. The van der Waals surface area contributed by atoms with Crippen LogP contribution >= 0.6 is 65.9 Å². The van der Waals surface area contributed by atoms with Crippen molar-refractivity contribution in [3.8, 4) is 11.5 Å². The van der Waals surface area contributed by atoms with Crippen LogP contribution in [-0.4, -0.2) is 20.5 Å². The van der Waals surface area contributed by atoms with Gasteiger partial charge in [-0.2, -0.15) is 0 Å². The van der Waals surface area contributed by atoms with Crippen molar-refractivity contribution in [3.63, 3.8) is 0 Å². The highest BCUT2D eigenvalue weighted by atomic mass is 127. The van der Waals surface area contributed by atoms with Gasteiger partial charge >= 0.3 is 0 Å². The molecule has 2 heterocycles. The number of alkyl halides is 3. The van der Waals surface area contributed by atoms with E-state index < -0.39 is 31.7 Å². The average Bonchev–Trinajstić information content (AvgIpc) is 2.89. The smallest absolute Gasteiger partial charge is 0.218 e. The Balaban J connectivity index is 2.81. The van der Waals surface area contributed by atoms with Crippen LogP contribution in [0.25, 0.3) is 0 Å². The Bertz CT molecular complexity index is 665. The normalized spacial score (nSPS) is 30.1. The van der Waals surface area contributed by atoms with Crippen molar-refractivity contribution in [2.24, 2.45) is 29.0 Å². The number of H-pyrrole nitrogens is 1. The molecule has 156 valence electrons. The standard InChI is InChI=1S/C18H31I3N4O2/c1-8(2)12-14-15(13(25-12)9(3)4)27-18(23,24)11(6)16(22,21-7)10(5)17(19,20)26-14/h8-11,25H,7,22-24H2,1-6H3. The maximum absolute atomic E-state index is 6.88. The number of fused-ring (bicyclic) bond motifs is 1. The molecule has 1 aliphatic heterocycles. The summed E-state index contributed by atoms with van der Waals surface area (Å²) < 4.78 is 15.8. The first-order valence-corrected chi connectivity index (χ1v) is 13.7. The second-order valence-corrected chi connectivity index (χ2v) is 15.8. The number of aromatic nitrogens is 1. The predicted octanol–water partition coefficient (Wildman–Crippen LogP) is 4.46. The van der Waals surface area contributed by atoms with Crippen LogP contribution in [0.4, 0.5) is 0 Å². The third-order valence-corrected chi connectivity index (χ3v) is 10.9. The number of aromatic amines is 1. The van der Waals surface area contributed by atoms with Gasteiger partial charge in [0.15, 0.2) is 11.5 Å². The van der Waals surface area contributed by atoms with Gasteiger partial charge in [-0.1, -0.05) is 46.1 Å². The van der Waals surface area contributed by atoms with Crippen LogP contribution in [0.1, 0.15) is 64.8 Å². The van der Waals surface area contributed by atoms with E-state index >= 15 is 0 Å². The zero-order valence-electron chi connectivity index (χ0n) is 16.7. The summed E-state index contributed by atoms with van der Waals surface area (Å²) in [4.78, 5) is 3.50. The minimum absolute atomic E-state index is 0.0510. The molecule has 0 bridgehead atoms. The lowest BCUT2D eigenvalue weighted by atomic mass is 9.88. The summed E-state index contributed by atoms with van der Waals surface area (Å²) in [5.74, 6) is -0.109. The van der Waals surface area contributed by atoms with Crippen LogP contribution in [0.15, 0.2) is 0 Å². The monoisotopic (exact) mass is 716 g/mol. The third-order valence-electron chi connectivity index (χ3n) is 5.38. The highest BCUT2D eigenvalue weighted by Crippen LogP contribution is 2.54. The molecule has 7 N–H and O–H groups in total. The Hall–Kier alpha value is 0.820. The first kappa shape index (κ1) is 24.1. The van der Waals surface area contributed by atoms with Crippen molar-refractivity contribution in [1.29, 1.82) is 0 Å². The van der Waals surface area contributed by atoms with Crippen molar-refractivity contribution in [2.75, 3.05) is 0 Å². The van der Waals surface area contributed by atoms with E-state index in [1.165, 1.54) is 0 Å². The van der Waals surface area contributed by atoms with Gasteiger partial charge in [0.05, 0.1) is 20.9 Å². The lowest BCUT2D eigenvalue weighted by Gasteiger charge is -2.45. The van der Waals surface area contributed by atoms with Crippen LogP contribution < -0.4 is 26.7 Å². The highest BCUT2D eigenvalue weighted by Gasteiger charge is 2.55. The number of rotatable bonds is 3. The Morgan fingerprint density at radius 2 is 1.41 bits per heavy atom. The molecule has 3 unspecified atom stereocenters. The summed E-state index contributed by atoms with van der Waals surface area (Å²) in [5.41, 5.74) is 21.8.